The fourth-order valence-corrected chi connectivity index (χ4v) is 5.31. The number of nitrogens with zero attached hydrogens (tertiary/aromatic N) is 4. The number of carbonyl (C=O) groups is 1. The van der Waals surface area contributed by atoms with E-state index in [4.69, 9.17) is 14.5 Å². The minimum absolute atomic E-state index is 0.0750. The zero-order valence-electron chi connectivity index (χ0n) is 19.0. The maximum Gasteiger partial charge on any atom is 0.262 e. The maximum absolute atomic E-state index is 13.2. The number of hydrogen-bond acceptors (Lipinski definition) is 5. The number of amides is 1. The molecule has 2 aliphatic carbocycles. The molecule has 6 rings (SSSR count). The number of anilines is 1. The molecule has 3 aromatic rings. The number of imidazole rings is 1. The van der Waals surface area contributed by atoms with Gasteiger partial charge in [-0.25, -0.2) is 13.8 Å². The summed E-state index contributed by atoms with van der Waals surface area (Å²) in [4.78, 5) is 18.1. The number of aromatic nitrogens is 4. The monoisotopic (exact) mass is 471 g/mol. The van der Waals surface area contributed by atoms with Crippen LogP contribution in [0, 0.1) is 0 Å². The fraction of sp³-hybridized carbons (Fsp3) is 0.542. The Bertz CT molecular complexity index is 1240. The van der Waals surface area contributed by atoms with Crippen LogP contribution in [-0.2, 0) is 16.7 Å². The quantitative estimate of drug-likeness (QED) is 0.559. The van der Waals surface area contributed by atoms with E-state index in [0.717, 1.165) is 54.5 Å². The number of halogens is 2. The lowest BCUT2D eigenvalue weighted by molar-refractivity contribution is -0.00627. The summed E-state index contributed by atoms with van der Waals surface area (Å²) >= 11 is 0. The van der Waals surface area contributed by atoms with Gasteiger partial charge in [0, 0.05) is 36.1 Å². The Labute approximate surface area is 195 Å². The maximum atomic E-state index is 13.2. The number of nitrogens with one attached hydrogen (secondary N) is 1. The van der Waals surface area contributed by atoms with E-state index >= 15 is 0 Å². The topological polar surface area (TPSA) is 82.7 Å². The molecule has 8 nitrogen and oxygen atoms in total. The van der Waals surface area contributed by atoms with E-state index in [1.54, 1.807) is 6.20 Å². The van der Waals surface area contributed by atoms with Gasteiger partial charge >= 0.3 is 0 Å². The van der Waals surface area contributed by atoms with Crippen LogP contribution in [0.25, 0.3) is 5.65 Å². The average molecular weight is 472 g/mol. The molecule has 1 N–H and O–H groups in total. The SMILES string of the molecule is CC12CCC(c3cn4cc(C(=O)Nc5ccn(CC(F)F)n5)c(OC5CCC5)cc4n3)(CO1)C2. The molecule has 3 aliphatic rings. The highest BCUT2D eigenvalue weighted by Gasteiger charge is 2.55. The van der Waals surface area contributed by atoms with Crippen molar-refractivity contribution in [1.82, 2.24) is 19.2 Å². The standard InChI is InChI=1S/C24H27F2N5O3/c1-23-6-7-24(13-23,14-33-23)18-11-30-10-16(17(9-21(30)27-18)34-15-3-2-4-15)22(32)28-20-5-8-31(29-20)12-19(25)26/h5,8-11,15,19H,2-4,6-7,12-14H2,1H3,(H,28,29,32). The molecule has 1 aliphatic heterocycles. The van der Waals surface area contributed by atoms with Gasteiger partial charge in [-0.05, 0) is 45.4 Å². The zero-order valence-corrected chi connectivity index (χ0v) is 19.0. The van der Waals surface area contributed by atoms with Crippen molar-refractivity contribution in [2.24, 2.45) is 0 Å². The first kappa shape index (κ1) is 21.5. The summed E-state index contributed by atoms with van der Waals surface area (Å²) in [6.45, 7) is 2.29. The molecule has 0 radical (unpaired) electrons. The van der Waals surface area contributed by atoms with E-state index in [1.807, 2.05) is 16.7 Å². The Morgan fingerprint density at radius 2 is 2.21 bits per heavy atom. The molecule has 34 heavy (non-hydrogen) atoms. The molecular formula is C24H27F2N5O3. The molecule has 1 saturated heterocycles. The summed E-state index contributed by atoms with van der Waals surface area (Å²) in [5, 5.41) is 6.72. The molecule has 2 atom stereocenters. The summed E-state index contributed by atoms with van der Waals surface area (Å²) in [5.41, 5.74) is 1.88. The first-order valence-electron chi connectivity index (χ1n) is 11.8. The first-order chi connectivity index (χ1) is 16.3. The molecule has 10 heteroatoms. The number of hydrogen-bond donors (Lipinski definition) is 1. The number of ether oxygens (including phenoxy) is 2. The van der Waals surface area contributed by atoms with E-state index in [-0.39, 0.29) is 22.9 Å². The highest BCUT2D eigenvalue weighted by molar-refractivity contribution is 6.05. The Hall–Kier alpha value is -3.01. The third-order valence-electron chi connectivity index (χ3n) is 7.44. The Balaban J connectivity index is 1.32. The molecule has 4 heterocycles. The molecule has 0 spiro atoms. The van der Waals surface area contributed by atoms with Gasteiger partial charge in [0.15, 0.2) is 5.82 Å². The van der Waals surface area contributed by atoms with Crippen molar-refractivity contribution in [2.45, 2.75) is 75.5 Å². The van der Waals surface area contributed by atoms with Crippen LogP contribution < -0.4 is 10.1 Å². The highest BCUT2D eigenvalue weighted by atomic mass is 19.3. The second-order valence-electron chi connectivity index (χ2n) is 10.1. The summed E-state index contributed by atoms with van der Waals surface area (Å²) in [5.74, 6) is 0.263. The second-order valence-corrected chi connectivity index (χ2v) is 10.1. The lowest BCUT2D eigenvalue weighted by Crippen LogP contribution is -2.26. The number of carbonyl (C=O) groups excluding carboxylic acids is 1. The minimum atomic E-state index is -2.52. The third kappa shape index (κ3) is 3.73. The molecule has 0 aromatic carbocycles. The molecule has 2 saturated carbocycles. The van der Waals surface area contributed by atoms with Crippen LogP contribution >= 0.6 is 0 Å². The molecule has 1 amide bonds. The van der Waals surface area contributed by atoms with Gasteiger partial charge in [-0.3, -0.25) is 9.48 Å². The number of alkyl halides is 2. The predicted octanol–water partition coefficient (Wildman–Crippen LogP) is 4.19. The van der Waals surface area contributed by atoms with Gasteiger partial charge < -0.3 is 19.2 Å². The Kier molecular flexibility index (Phi) is 4.91. The van der Waals surface area contributed by atoms with Crippen LogP contribution in [0.4, 0.5) is 14.6 Å². The summed E-state index contributed by atoms with van der Waals surface area (Å²) < 4.78 is 40.4. The van der Waals surface area contributed by atoms with Gasteiger partial charge in [0.05, 0.1) is 29.6 Å². The van der Waals surface area contributed by atoms with Crippen molar-refractivity contribution in [3.8, 4) is 5.75 Å². The molecule has 2 bridgehead atoms. The number of fused-ring (bicyclic) bond motifs is 3. The van der Waals surface area contributed by atoms with E-state index in [2.05, 4.69) is 17.3 Å². The largest absolute Gasteiger partial charge is 0.489 e. The van der Waals surface area contributed by atoms with Gasteiger partial charge in [0.1, 0.15) is 17.9 Å². The van der Waals surface area contributed by atoms with Crippen LogP contribution in [0.5, 0.6) is 5.75 Å². The van der Waals surface area contributed by atoms with Crippen molar-refractivity contribution in [1.29, 1.82) is 0 Å². The van der Waals surface area contributed by atoms with Gasteiger partial charge in [-0.1, -0.05) is 0 Å². The smallest absolute Gasteiger partial charge is 0.262 e. The lowest BCUT2D eigenvalue weighted by Gasteiger charge is -2.27. The van der Waals surface area contributed by atoms with Crippen molar-refractivity contribution in [3.05, 3.63) is 42.0 Å². The number of pyridine rings is 1. The van der Waals surface area contributed by atoms with Crippen LogP contribution in [0.1, 0.15) is 61.5 Å². The normalized spacial score (nSPS) is 26.4. The van der Waals surface area contributed by atoms with E-state index in [1.165, 1.54) is 12.3 Å². The summed E-state index contributed by atoms with van der Waals surface area (Å²) in [6, 6.07) is 3.31. The highest BCUT2D eigenvalue weighted by Crippen LogP contribution is 2.53. The van der Waals surface area contributed by atoms with Gasteiger partial charge in [0.25, 0.3) is 12.3 Å². The third-order valence-corrected chi connectivity index (χ3v) is 7.44. The zero-order chi connectivity index (χ0) is 23.5. The van der Waals surface area contributed by atoms with Crippen molar-refractivity contribution in [2.75, 3.05) is 11.9 Å². The fourth-order valence-electron chi connectivity index (χ4n) is 5.31. The molecular weight excluding hydrogens is 444 g/mol. The average Bonchev–Trinajstić information content (AvgIpc) is 3.51. The van der Waals surface area contributed by atoms with E-state index in [0.29, 0.717) is 17.9 Å². The van der Waals surface area contributed by atoms with Crippen molar-refractivity contribution in [3.63, 3.8) is 0 Å². The summed E-state index contributed by atoms with van der Waals surface area (Å²) in [7, 11) is 0. The first-order valence-corrected chi connectivity index (χ1v) is 11.8. The van der Waals surface area contributed by atoms with Crippen molar-refractivity contribution >= 4 is 17.4 Å². The Morgan fingerprint density at radius 3 is 2.85 bits per heavy atom. The van der Waals surface area contributed by atoms with E-state index < -0.39 is 18.9 Å². The van der Waals surface area contributed by atoms with Crippen molar-refractivity contribution < 1.29 is 23.0 Å². The number of rotatable bonds is 7. The molecule has 180 valence electrons. The van der Waals surface area contributed by atoms with Gasteiger partial charge in [0.2, 0.25) is 0 Å². The van der Waals surface area contributed by atoms with Crippen LogP contribution in [-0.4, -0.2) is 49.8 Å². The molecule has 3 fully saturated rings. The second kappa shape index (κ2) is 7.76. The van der Waals surface area contributed by atoms with Crippen LogP contribution in [0.15, 0.2) is 30.7 Å². The van der Waals surface area contributed by atoms with Gasteiger partial charge in [-0.2, -0.15) is 5.10 Å². The Morgan fingerprint density at radius 1 is 1.35 bits per heavy atom. The van der Waals surface area contributed by atoms with Gasteiger partial charge in [-0.15, -0.1) is 0 Å². The predicted molar refractivity (Wildman–Crippen MR) is 120 cm³/mol. The minimum Gasteiger partial charge on any atom is -0.489 e. The lowest BCUT2D eigenvalue weighted by atomic mass is 9.84. The molecule has 3 aromatic heterocycles. The van der Waals surface area contributed by atoms with E-state index in [9.17, 15) is 13.6 Å². The van der Waals surface area contributed by atoms with Crippen LogP contribution in [0.3, 0.4) is 0 Å². The van der Waals surface area contributed by atoms with Crippen LogP contribution in [0.2, 0.25) is 0 Å². The molecule has 2 unspecified atom stereocenters. The summed E-state index contributed by atoms with van der Waals surface area (Å²) in [6.07, 6.45) is 8.68.